The number of benzene rings is 1. The summed E-state index contributed by atoms with van der Waals surface area (Å²) < 4.78 is 3.32. The summed E-state index contributed by atoms with van der Waals surface area (Å²) in [7, 11) is 0. The minimum atomic E-state index is 0.542. The van der Waals surface area contributed by atoms with Gasteiger partial charge in [-0.05, 0) is 52.5 Å². The quantitative estimate of drug-likeness (QED) is 0.790. The maximum absolute atomic E-state index is 5.74. The van der Waals surface area contributed by atoms with Gasteiger partial charge in [-0.25, -0.2) is 4.98 Å². The van der Waals surface area contributed by atoms with Crippen LogP contribution in [0.1, 0.15) is 24.4 Å². The molecule has 0 spiro atoms. The van der Waals surface area contributed by atoms with E-state index in [-0.39, 0.29) is 0 Å². The number of hydrogen-bond acceptors (Lipinski definition) is 3. The number of aromatic nitrogens is 3. The summed E-state index contributed by atoms with van der Waals surface area (Å²) in [5.41, 5.74) is 10.1. The van der Waals surface area contributed by atoms with Gasteiger partial charge in [0.1, 0.15) is 5.82 Å². The van der Waals surface area contributed by atoms with Crippen molar-refractivity contribution in [3.05, 3.63) is 46.7 Å². The lowest BCUT2D eigenvalue weighted by molar-refractivity contribution is 0.774. The van der Waals surface area contributed by atoms with Crippen molar-refractivity contribution in [3.63, 3.8) is 0 Å². The Labute approximate surface area is 131 Å². The van der Waals surface area contributed by atoms with Crippen molar-refractivity contribution in [2.75, 3.05) is 0 Å². The van der Waals surface area contributed by atoms with Gasteiger partial charge in [0, 0.05) is 35.0 Å². The lowest BCUT2D eigenvalue weighted by atomic mass is 10.2. The molecule has 2 aromatic heterocycles. The fourth-order valence-electron chi connectivity index (χ4n) is 2.71. The number of nitrogens with zero attached hydrogens (tertiary/aromatic N) is 3. The van der Waals surface area contributed by atoms with Crippen LogP contribution in [0.5, 0.6) is 0 Å². The maximum atomic E-state index is 5.74. The van der Waals surface area contributed by atoms with Gasteiger partial charge in [-0.1, -0.05) is 6.07 Å². The number of rotatable bonds is 3. The van der Waals surface area contributed by atoms with Crippen LogP contribution in [-0.2, 0) is 6.54 Å². The first kappa shape index (κ1) is 13.0. The first-order valence-electron chi connectivity index (χ1n) is 7.08. The second kappa shape index (κ2) is 4.93. The van der Waals surface area contributed by atoms with Gasteiger partial charge in [0.2, 0.25) is 0 Å². The Morgan fingerprint density at radius 1 is 1.24 bits per heavy atom. The fraction of sp³-hybridized carbons (Fsp3) is 0.250. The van der Waals surface area contributed by atoms with E-state index in [1.165, 1.54) is 18.4 Å². The molecule has 0 atom stereocenters. The highest BCUT2D eigenvalue weighted by atomic mass is 79.9. The molecule has 0 radical (unpaired) electrons. The molecule has 0 aliphatic heterocycles. The lowest BCUT2D eigenvalue weighted by Gasteiger charge is -2.07. The van der Waals surface area contributed by atoms with Crippen molar-refractivity contribution in [1.29, 1.82) is 0 Å². The molecule has 3 aromatic rings. The van der Waals surface area contributed by atoms with E-state index in [0.717, 1.165) is 26.9 Å². The van der Waals surface area contributed by atoms with E-state index in [9.17, 15) is 0 Å². The van der Waals surface area contributed by atoms with Gasteiger partial charge < -0.3 is 10.3 Å². The summed E-state index contributed by atoms with van der Waals surface area (Å²) in [6.45, 7) is 0.542. The Bertz CT molecular complexity index is 820. The summed E-state index contributed by atoms with van der Waals surface area (Å²) in [6.07, 6.45) is 6.10. The fourth-order valence-corrected chi connectivity index (χ4v) is 3.08. The third-order valence-corrected chi connectivity index (χ3v) is 4.30. The molecule has 4 nitrogen and oxygen atoms in total. The van der Waals surface area contributed by atoms with Crippen LogP contribution < -0.4 is 5.73 Å². The summed E-state index contributed by atoms with van der Waals surface area (Å²) in [6, 6.07) is 8.94. The normalized spacial score (nSPS) is 14.8. The maximum Gasteiger partial charge on any atom is 0.142 e. The largest absolute Gasteiger partial charge is 0.326 e. The molecule has 1 aromatic carbocycles. The number of fused-ring (bicyclic) bond motifs is 1. The molecule has 106 valence electrons. The Morgan fingerprint density at radius 3 is 2.81 bits per heavy atom. The van der Waals surface area contributed by atoms with E-state index in [1.54, 1.807) is 6.20 Å². The number of nitrogens with two attached hydrogens (primary N) is 1. The number of imidazole rings is 1. The highest BCUT2D eigenvalue weighted by Crippen LogP contribution is 2.41. The smallest absolute Gasteiger partial charge is 0.142 e. The molecule has 1 fully saturated rings. The van der Waals surface area contributed by atoms with Crippen molar-refractivity contribution < 1.29 is 0 Å². The molecule has 1 aliphatic rings. The Hall–Kier alpha value is -1.72. The van der Waals surface area contributed by atoms with Gasteiger partial charge in [0.05, 0.1) is 11.0 Å². The summed E-state index contributed by atoms with van der Waals surface area (Å²) in [5.74, 6) is 0.996. The molecular weight excluding hydrogens is 328 g/mol. The van der Waals surface area contributed by atoms with Crippen LogP contribution in [-0.4, -0.2) is 14.5 Å². The lowest BCUT2D eigenvalue weighted by Crippen LogP contribution is -1.98. The minimum absolute atomic E-state index is 0.542. The average Bonchev–Trinajstić information content (AvgIpc) is 3.26. The van der Waals surface area contributed by atoms with E-state index >= 15 is 0 Å². The Kier molecular flexibility index (Phi) is 3.05. The zero-order valence-corrected chi connectivity index (χ0v) is 13.0. The van der Waals surface area contributed by atoms with Crippen molar-refractivity contribution in [1.82, 2.24) is 14.5 Å². The molecule has 0 saturated heterocycles. The van der Waals surface area contributed by atoms with E-state index in [4.69, 9.17) is 10.7 Å². The number of pyridine rings is 1. The van der Waals surface area contributed by atoms with Gasteiger partial charge in [-0.3, -0.25) is 4.98 Å². The molecule has 0 amide bonds. The summed E-state index contributed by atoms with van der Waals surface area (Å²) in [4.78, 5) is 9.11. The van der Waals surface area contributed by atoms with Gasteiger partial charge in [-0.2, -0.15) is 0 Å². The zero-order valence-electron chi connectivity index (χ0n) is 11.5. The second-order valence-corrected chi connectivity index (χ2v) is 6.37. The first-order valence-corrected chi connectivity index (χ1v) is 7.87. The zero-order chi connectivity index (χ0) is 14.4. The molecule has 1 saturated carbocycles. The van der Waals surface area contributed by atoms with Crippen LogP contribution in [0.4, 0.5) is 0 Å². The molecule has 1 aliphatic carbocycles. The van der Waals surface area contributed by atoms with Gasteiger partial charge >= 0.3 is 0 Å². The molecule has 2 N–H and O–H groups in total. The third-order valence-electron chi connectivity index (χ3n) is 3.86. The predicted molar refractivity (Wildman–Crippen MR) is 86.8 cm³/mol. The van der Waals surface area contributed by atoms with Crippen LogP contribution in [0.3, 0.4) is 0 Å². The standard InChI is InChI=1S/C16H15BrN4/c17-12-6-11(8-19-9-12)16-20-14-5-10(7-18)1-4-15(14)21(16)13-2-3-13/h1,4-6,8-9,13H,2-3,7,18H2. The molecular formula is C16H15BrN4. The van der Waals surface area contributed by atoms with Crippen LogP contribution in [0.2, 0.25) is 0 Å². The number of hydrogen-bond donors (Lipinski definition) is 1. The van der Waals surface area contributed by atoms with Crippen LogP contribution >= 0.6 is 15.9 Å². The van der Waals surface area contributed by atoms with E-state index < -0.39 is 0 Å². The second-order valence-electron chi connectivity index (χ2n) is 5.46. The van der Waals surface area contributed by atoms with Crippen molar-refractivity contribution in [3.8, 4) is 11.4 Å². The van der Waals surface area contributed by atoms with E-state index in [1.807, 2.05) is 6.20 Å². The monoisotopic (exact) mass is 342 g/mol. The third kappa shape index (κ3) is 2.26. The summed E-state index contributed by atoms with van der Waals surface area (Å²) in [5, 5.41) is 0. The SMILES string of the molecule is NCc1ccc2c(c1)nc(-c1cncc(Br)c1)n2C1CC1. The molecule has 0 unspecified atom stereocenters. The van der Waals surface area contributed by atoms with Crippen molar-refractivity contribution in [2.24, 2.45) is 5.73 Å². The van der Waals surface area contributed by atoms with Crippen molar-refractivity contribution in [2.45, 2.75) is 25.4 Å². The van der Waals surface area contributed by atoms with Gasteiger partial charge in [0.15, 0.2) is 0 Å². The van der Waals surface area contributed by atoms with Gasteiger partial charge in [0.25, 0.3) is 0 Å². The molecule has 21 heavy (non-hydrogen) atoms. The Balaban J connectivity index is 1.97. The minimum Gasteiger partial charge on any atom is -0.326 e. The van der Waals surface area contributed by atoms with Crippen LogP contribution in [0, 0.1) is 0 Å². The topological polar surface area (TPSA) is 56.7 Å². The van der Waals surface area contributed by atoms with Crippen molar-refractivity contribution >= 4 is 27.0 Å². The number of halogens is 1. The average molecular weight is 343 g/mol. The van der Waals surface area contributed by atoms with Gasteiger partial charge in [-0.15, -0.1) is 0 Å². The van der Waals surface area contributed by atoms with E-state index in [2.05, 4.69) is 49.7 Å². The molecule has 5 heteroatoms. The Morgan fingerprint density at radius 2 is 2.10 bits per heavy atom. The highest BCUT2D eigenvalue weighted by molar-refractivity contribution is 9.10. The highest BCUT2D eigenvalue weighted by Gasteiger charge is 2.28. The summed E-state index contributed by atoms with van der Waals surface area (Å²) >= 11 is 3.49. The first-order chi connectivity index (χ1) is 10.3. The molecule has 4 rings (SSSR count). The van der Waals surface area contributed by atoms with Crippen LogP contribution in [0.25, 0.3) is 22.4 Å². The van der Waals surface area contributed by atoms with Crippen LogP contribution in [0.15, 0.2) is 41.1 Å². The molecule has 2 heterocycles. The predicted octanol–water partition coefficient (Wildman–Crippen LogP) is 3.65. The molecule has 0 bridgehead atoms. The van der Waals surface area contributed by atoms with E-state index in [0.29, 0.717) is 12.6 Å².